The number of sulfonamides is 2. The minimum Gasteiger partial charge on any atom is -0.508 e. The van der Waals surface area contributed by atoms with E-state index in [-0.39, 0.29) is 73.2 Å². The molecule has 8 aromatic rings. The monoisotopic (exact) mass is 2000 g/mol. The number of benzene rings is 7. The number of phenols is 1. The van der Waals surface area contributed by atoms with Gasteiger partial charge in [0, 0.05) is 89.2 Å². The van der Waals surface area contributed by atoms with E-state index in [9.17, 15) is 98.6 Å². The fraction of sp³-hybridized carbons (Fsp3) is 0.416. The number of anilines is 1. The molecule has 1 N–H and O–H groups in total. The highest BCUT2D eigenvalue weighted by molar-refractivity contribution is 8.11. The van der Waals surface area contributed by atoms with Crippen molar-refractivity contribution in [3.05, 3.63) is 240 Å². The molecule has 15 rings (SSSR count). The molecule has 0 fully saturated rings. The van der Waals surface area contributed by atoms with Gasteiger partial charge in [0.1, 0.15) is 31.5 Å². The number of nitrogens with zero attached hydrogens (tertiary/aromatic N) is 2. The van der Waals surface area contributed by atoms with Crippen LogP contribution in [0.4, 0.5) is 45.3 Å². The third-order valence-corrected chi connectivity index (χ3v) is 28.6. The number of hydrogen-bond acceptors (Lipinski definition) is 20. The van der Waals surface area contributed by atoms with Crippen molar-refractivity contribution >= 4 is 108 Å². The molecular weight excluding hydrogens is 1880 g/mol. The van der Waals surface area contributed by atoms with Crippen LogP contribution in [0.5, 0.6) is 28.7 Å². The molecule has 0 radical (unpaired) electrons. The summed E-state index contributed by atoms with van der Waals surface area (Å²) in [5, 5.41) is 9.12. The summed E-state index contributed by atoms with van der Waals surface area (Å²) in [7, 11) is -14.6. The zero-order valence-electron chi connectivity index (χ0n) is 80.1. The molecule has 1 heterocycles. The number of pyridine rings is 1. The standard InChI is InChI=1S/2C14H14O.C13H13F3O4S.C13H16O2.C13H18O.C12H14O2.C11H12O2.C7H3ClF6N2O4S2.C2H2.2CH4S/c2*1-4-10-5-6-11-12(9-10)14(2,3)8-7-13(11)15;1-12(2)6-5-11(17)9-4-3-8(7-10(9)12)20-21(18,19)13(14,15)16;1-13(2)7-6-12(14)10-5-4-9(15-3)8-11(10)13;1-13(2)8-4-5-10-6-7-11(14-3)9-12(10)13;1-12(2)6-5-11(14)9-4-3-8(13)7-10(9)12;1-13-9-6-5-8-3-2-4-11(12)10(8)7-9;8-4-1-2-5(15-3-4)16(21(17,18)6(9,10)11)22(19,20)7(12,13)14;3*1-2/h2*1,5-6,9H,7-8H2,2-3H3;3-4,7H,5-6H2,1-2H3;4-5,8H,6-7H2,1-3H3;6-7,9H,4-5,8H2,1-3H3;3-4,7,13H,5-6H2,1-2H3;5-7H,2-4H2,1H3;1-3H;1-2H;2*2H,1H3/i1T;;;;;;;;1T;;. The highest BCUT2D eigenvalue weighted by Crippen LogP contribution is 2.46. The molecule has 0 spiro atoms. The predicted octanol–water partition coefficient (Wildman–Crippen LogP) is 23.7. The summed E-state index contributed by atoms with van der Waals surface area (Å²) in [5.41, 5.74) is -2.90. The first kappa shape index (κ1) is 111. The second-order valence-corrected chi connectivity index (χ2v) is 41.4. The first-order valence-electron chi connectivity index (χ1n) is 43.3. The van der Waals surface area contributed by atoms with Gasteiger partial charge in [-0.3, -0.25) is 28.8 Å². The molecule has 730 valence electrons. The molecule has 19 nitrogen and oxygen atoms in total. The number of terminal acetylenes is 3. The normalized spacial score (nSPS) is 16.8. The Morgan fingerprint density at radius 1 is 0.407 bits per heavy atom. The van der Waals surface area contributed by atoms with E-state index in [0.717, 1.165) is 129 Å². The SMILES string of the molecule is C#Cc1ccc2c(c1)C(C)(C)CCC2=O.CC1(C)CCC(=O)c2ccc(O)cc21.CC1(C)CCC(=O)c2ccc(OS(=O)(=O)C(F)(F)F)cc21.COc1ccc2c(c1)C(=O)CCC2.COc1ccc2c(c1)C(C)(C)CCC2.COc1ccc2c(c1)C(C)(C)CCC2=O.CS.CS.O=S(=O)(N(c1ccc(Cl)cn1)S(=O)(=O)C(F)(F)F)C(F)(F)F.[3H]C#C.[3H]C#Cc1ccc2c(c1)C(C)(C)CCC2=O. The summed E-state index contributed by atoms with van der Waals surface area (Å²) >= 11 is 12.4. The van der Waals surface area contributed by atoms with Crippen LogP contribution >= 0.6 is 36.9 Å². The van der Waals surface area contributed by atoms with Gasteiger partial charge < -0.3 is 23.5 Å². The number of phenolic OH excluding ortho intramolecular Hbond substituents is 1. The quantitative estimate of drug-likeness (QED) is 0.0419. The van der Waals surface area contributed by atoms with Crippen LogP contribution in [0.25, 0.3) is 0 Å². The smallest absolute Gasteiger partial charge is 0.508 e. The number of aromatic nitrogens is 1. The minimum absolute atomic E-state index is 0.00197. The molecule has 0 unspecified atom stereocenters. The lowest BCUT2D eigenvalue weighted by Crippen LogP contribution is -2.49. The van der Waals surface area contributed by atoms with Gasteiger partial charge in [-0.25, -0.2) is 4.98 Å². The van der Waals surface area contributed by atoms with Gasteiger partial charge in [0.2, 0.25) is 0 Å². The summed E-state index contributed by atoms with van der Waals surface area (Å²) in [6.45, 7) is 25.5. The van der Waals surface area contributed by atoms with Crippen LogP contribution in [0.15, 0.2) is 146 Å². The fourth-order valence-corrected chi connectivity index (χ4v) is 19.0. The zero-order chi connectivity index (χ0) is 104. The second-order valence-electron chi connectivity index (χ2n) is 35.7. The van der Waals surface area contributed by atoms with Crippen molar-refractivity contribution in [2.24, 2.45) is 0 Å². The van der Waals surface area contributed by atoms with Crippen molar-refractivity contribution in [3.8, 4) is 66.2 Å². The Balaban J connectivity index is 0.000000275. The number of aromatic hydroxyl groups is 1. The largest absolute Gasteiger partial charge is 0.534 e. The average molecular weight is 2000 g/mol. The molecule has 0 bridgehead atoms. The number of fused-ring (bicyclic) bond motifs is 7. The third kappa shape index (κ3) is 28.8. The van der Waals surface area contributed by atoms with Gasteiger partial charge in [-0.1, -0.05) is 119 Å². The summed E-state index contributed by atoms with van der Waals surface area (Å²) in [6, 6.07) is 38.8. The van der Waals surface area contributed by atoms with Crippen LogP contribution in [0, 0.1) is 37.5 Å². The summed E-state index contributed by atoms with van der Waals surface area (Å²) in [4.78, 5) is 73.0. The summed E-state index contributed by atoms with van der Waals surface area (Å²) < 4.78 is 209. The molecule has 0 atom stereocenters. The molecule has 1 aromatic heterocycles. The molecule has 0 saturated heterocycles. The van der Waals surface area contributed by atoms with Crippen molar-refractivity contribution in [1.82, 2.24) is 4.98 Å². The maximum atomic E-state index is 12.5. The number of methoxy groups -OCH3 is 3. The van der Waals surface area contributed by atoms with Gasteiger partial charge in [0.15, 0.2) is 40.5 Å². The van der Waals surface area contributed by atoms with E-state index >= 15 is 0 Å². The van der Waals surface area contributed by atoms with E-state index in [4.69, 9.17) is 35.0 Å². The van der Waals surface area contributed by atoms with E-state index in [2.05, 4.69) is 147 Å². The van der Waals surface area contributed by atoms with Crippen LogP contribution < -0.4 is 22.1 Å². The molecular formula is C101H114ClF9N2O17S5. The van der Waals surface area contributed by atoms with E-state index in [1.165, 1.54) is 48.9 Å². The Bertz CT molecular complexity index is 6190. The Labute approximate surface area is 805 Å². The molecule has 7 aliphatic carbocycles. The summed E-state index contributed by atoms with van der Waals surface area (Å²) in [6.07, 6.45) is 30.7. The second kappa shape index (κ2) is 47.0. The maximum absolute atomic E-state index is 12.5. The van der Waals surface area contributed by atoms with Gasteiger partial charge in [0.05, 0.1) is 26.4 Å². The molecule has 0 amide bonds. The number of ketones is 6. The molecule has 0 saturated carbocycles. The Morgan fingerprint density at radius 2 is 0.733 bits per heavy atom. The van der Waals surface area contributed by atoms with Crippen molar-refractivity contribution in [2.75, 3.05) is 37.6 Å². The topological polar surface area (TPSA) is 278 Å². The molecule has 135 heavy (non-hydrogen) atoms. The van der Waals surface area contributed by atoms with Gasteiger partial charge in [-0.15, -0.1) is 29.4 Å². The number of thiol groups is 2. The van der Waals surface area contributed by atoms with Gasteiger partial charge in [0.25, 0.3) is 0 Å². The molecule has 7 aromatic carbocycles. The van der Waals surface area contributed by atoms with Gasteiger partial charge in [-0.2, -0.15) is 90.0 Å². The number of ether oxygens (including phenoxy) is 3. The number of carbonyl (C=O) groups excluding carboxylic acids is 6. The van der Waals surface area contributed by atoms with Crippen molar-refractivity contribution in [3.63, 3.8) is 0 Å². The molecule has 34 heteroatoms. The first-order chi connectivity index (χ1) is 63.5. The lowest BCUT2D eigenvalue weighted by Gasteiger charge is -2.32. The molecule has 7 aliphatic rings. The van der Waals surface area contributed by atoms with Gasteiger partial charge >= 0.3 is 46.7 Å². The average Bonchev–Trinajstić information content (AvgIpc) is 0.741. The lowest BCUT2D eigenvalue weighted by atomic mass is 9.72. The van der Waals surface area contributed by atoms with E-state index < -0.39 is 67.4 Å². The molecule has 0 aliphatic heterocycles. The number of carbonyl (C=O) groups is 6. The number of alkyl halides is 9. The van der Waals surface area contributed by atoms with Crippen molar-refractivity contribution in [2.45, 2.75) is 235 Å². The van der Waals surface area contributed by atoms with E-state index in [1.54, 1.807) is 52.0 Å². The Hall–Kier alpha value is -10.6. The zero-order valence-corrected chi connectivity index (χ0v) is 83.1. The van der Waals surface area contributed by atoms with Crippen LogP contribution in [0.2, 0.25) is 5.02 Å². The van der Waals surface area contributed by atoms with Crippen LogP contribution in [-0.2, 0) is 75.5 Å². The number of hydrogen-bond donors (Lipinski definition) is 3. The van der Waals surface area contributed by atoms with E-state index in [0.29, 0.717) is 73.8 Å². The van der Waals surface area contributed by atoms with Crippen molar-refractivity contribution in [1.29, 1.82) is 0 Å². The lowest BCUT2D eigenvalue weighted by molar-refractivity contribution is -0.0501. The van der Waals surface area contributed by atoms with Gasteiger partial charge in [-0.05, 0) is 281 Å². The fourth-order valence-electron chi connectivity index (χ4n) is 15.8. The third-order valence-electron chi connectivity index (χ3n) is 23.8. The Kier molecular flexibility index (Phi) is 38.8. The predicted molar refractivity (Wildman–Crippen MR) is 515 cm³/mol. The van der Waals surface area contributed by atoms with Crippen LogP contribution in [-0.4, -0.2) is 120 Å². The van der Waals surface area contributed by atoms with Crippen molar-refractivity contribution < 1.29 is 120 Å². The first-order valence-corrected chi connectivity index (χ1v) is 48.7. The van der Waals surface area contributed by atoms with E-state index in [1.807, 2.05) is 86.6 Å². The van der Waals surface area contributed by atoms with Crippen LogP contribution in [0.3, 0.4) is 0 Å². The summed E-state index contributed by atoms with van der Waals surface area (Å²) in [5.74, 6) is 7.12. The maximum Gasteiger partial charge on any atom is 0.534 e. The Morgan fingerprint density at radius 3 is 1.11 bits per heavy atom. The minimum atomic E-state index is -6.93. The number of rotatable bonds is 8. The highest BCUT2D eigenvalue weighted by Gasteiger charge is 2.62. The number of Topliss-reactive ketones (excluding diaryl/α,β-unsaturated/α-hetero) is 6. The highest BCUT2D eigenvalue weighted by atomic mass is 35.5. The number of aryl methyl sites for hydroxylation is 2. The number of halogens is 10. The van der Waals surface area contributed by atoms with Crippen LogP contribution in [0.1, 0.15) is 294 Å².